The van der Waals surface area contributed by atoms with Crippen LogP contribution in [0.4, 0.5) is 5.82 Å². The summed E-state index contributed by atoms with van der Waals surface area (Å²) in [5.74, 6) is 0.413. The molecule has 4 rings (SSSR count). The van der Waals surface area contributed by atoms with Crippen LogP contribution in [0, 0.1) is 0 Å². The fraction of sp³-hybridized carbons (Fsp3) is 0.381. The van der Waals surface area contributed by atoms with Crippen molar-refractivity contribution in [1.82, 2.24) is 25.2 Å². The van der Waals surface area contributed by atoms with Gasteiger partial charge in [0.1, 0.15) is 11.8 Å². The zero-order valence-corrected chi connectivity index (χ0v) is 17.0. The highest BCUT2D eigenvalue weighted by atomic mass is 35.5. The first kappa shape index (κ1) is 20.5. The predicted octanol–water partition coefficient (Wildman–Crippen LogP) is 3.27. The third-order valence-corrected chi connectivity index (χ3v) is 5.36. The minimum atomic E-state index is 0. The first-order valence-corrected chi connectivity index (χ1v) is 9.58. The molecule has 28 heavy (non-hydrogen) atoms. The molecule has 3 heterocycles. The summed E-state index contributed by atoms with van der Waals surface area (Å²) in [7, 11) is 2.23. The standard InChI is InChI=1S/C21H26N6.ClH/c1-27-10-3-2-7-17(27)13-23-12-15-5-4-6-16(11-15)18-8-9-19-20(26-18)21(22)25-14-24-19;/h4-6,8-9,11,14,17,23H,2-3,7,10,12-13H2,1H3,(H2,22,24,25);1H. The van der Waals surface area contributed by atoms with Gasteiger partial charge >= 0.3 is 0 Å². The number of anilines is 1. The summed E-state index contributed by atoms with van der Waals surface area (Å²) in [4.78, 5) is 15.4. The molecule has 7 heteroatoms. The number of nitrogens with zero attached hydrogens (tertiary/aromatic N) is 4. The molecule has 0 saturated carbocycles. The maximum atomic E-state index is 5.95. The van der Waals surface area contributed by atoms with Gasteiger partial charge in [0.05, 0.1) is 11.2 Å². The normalized spacial score (nSPS) is 17.4. The van der Waals surface area contributed by atoms with Gasteiger partial charge in [-0.2, -0.15) is 0 Å². The van der Waals surface area contributed by atoms with Crippen molar-refractivity contribution >= 4 is 29.3 Å². The second kappa shape index (κ2) is 9.28. The lowest BCUT2D eigenvalue weighted by atomic mass is 10.0. The zero-order valence-electron chi connectivity index (χ0n) is 16.1. The Balaban J connectivity index is 0.00000225. The fourth-order valence-corrected chi connectivity index (χ4v) is 3.75. The van der Waals surface area contributed by atoms with E-state index in [1.165, 1.54) is 37.7 Å². The number of nitrogens with two attached hydrogens (primary N) is 1. The molecule has 0 bridgehead atoms. The number of nitrogen functional groups attached to an aromatic ring is 1. The molecule has 3 aromatic rings. The average Bonchev–Trinajstić information content (AvgIpc) is 2.70. The zero-order chi connectivity index (χ0) is 18.6. The van der Waals surface area contributed by atoms with Crippen molar-refractivity contribution in [3.8, 4) is 11.3 Å². The van der Waals surface area contributed by atoms with Crippen molar-refractivity contribution in [1.29, 1.82) is 0 Å². The fourth-order valence-electron chi connectivity index (χ4n) is 3.75. The summed E-state index contributed by atoms with van der Waals surface area (Å²) in [6.07, 6.45) is 5.42. The van der Waals surface area contributed by atoms with E-state index in [9.17, 15) is 0 Å². The number of piperidine rings is 1. The first-order chi connectivity index (χ1) is 13.2. The molecule has 0 radical (unpaired) electrons. The summed E-state index contributed by atoms with van der Waals surface area (Å²) >= 11 is 0. The molecule has 1 aliphatic heterocycles. The number of aromatic nitrogens is 3. The molecular weight excluding hydrogens is 372 g/mol. The van der Waals surface area contributed by atoms with Crippen molar-refractivity contribution in [2.24, 2.45) is 0 Å². The van der Waals surface area contributed by atoms with E-state index < -0.39 is 0 Å². The number of halogens is 1. The highest BCUT2D eigenvalue weighted by Gasteiger charge is 2.17. The van der Waals surface area contributed by atoms with E-state index in [2.05, 4.69) is 56.5 Å². The van der Waals surface area contributed by atoms with Gasteiger partial charge < -0.3 is 16.0 Å². The van der Waals surface area contributed by atoms with Gasteiger partial charge in [-0.05, 0) is 50.2 Å². The highest BCUT2D eigenvalue weighted by molar-refractivity contribution is 5.86. The lowest BCUT2D eigenvalue weighted by Crippen LogP contribution is -2.42. The number of pyridine rings is 1. The molecule has 1 atom stereocenters. The monoisotopic (exact) mass is 398 g/mol. The number of benzene rings is 1. The maximum Gasteiger partial charge on any atom is 0.153 e. The van der Waals surface area contributed by atoms with E-state index >= 15 is 0 Å². The minimum Gasteiger partial charge on any atom is -0.382 e. The first-order valence-electron chi connectivity index (χ1n) is 9.58. The van der Waals surface area contributed by atoms with Crippen molar-refractivity contribution in [2.75, 3.05) is 25.9 Å². The molecule has 0 spiro atoms. The van der Waals surface area contributed by atoms with Gasteiger partial charge in [-0.1, -0.05) is 24.6 Å². The van der Waals surface area contributed by atoms with Crippen LogP contribution in [0.15, 0.2) is 42.7 Å². The van der Waals surface area contributed by atoms with Crippen LogP contribution < -0.4 is 11.1 Å². The van der Waals surface area contributed by atoms with Crippen LogP contribution in [0.1, 0.15) is 24.8 Å². The molecule has 0 aliphatic carbocycles. The van der Waals surface area contributed by atoms with Crippen LogP contribution in [-0.2, 0) is 6.54 Å². The summed E-state index contributed by atoms with van der Waals surface area (Å²) in [5.41, 5.74) is 10.6. The smallest absolute Gasteiger partial charge is 0.153 e. The Labute approximate surface area is 172 Å². The van der Waals surface area contributed by atoms with Crippen LogP contribution in [-0.4, -0.2) is 46.0 Å². The molecule has 6 nitrogen and oxygen atoms in total. The molecule has 2 aromatic heterocycles. The van der Waals surface area contributed by atoms with E-state index in [0.29, 0.717) is 17.4 Å². The summed E-state index contributed by atoms with van der Waals surface area (Å²) < 4.78 is 0. The molecule has 1 saturated heterocycles. The van der Waals surface area contributed by atoms with Crippen LogP contribution in [0.3, 0.4) is 0 Å². The molecule has 1 aromatic carbocycles. The molecule has 1 unspecified atom stereocenters. The van der Waals surface area contributed by atoms with Crippen molar-refractivity contribution in [2.45, 2.75) is 31.8 Å². The number of nitrogens with one attached hydrogen (secondary N) is 1. The Morgan fingerprint density at radius 2 is 2.07 bits per heavy atom. The Morgan fingerprint density at radius 1 is 1.18 bits per heavy atom. The molecule has 1 aliphatic rings. The predicted molar refractivity (Wildman–Crippen MR) is 116 cm³/mol. The van der Waals surface area contributed by atoms with Crippen molar-refractivity contribution in [3.05, 3.63) is 48.3 Å². The summed E-state index contributed by atoms with van der Waals surface area (Å²) in [6.45, 7) is 3.10. The van der Waals surface area contributed by atoms with Gasteiger partial charge in [-0.15, -0.1) is 12.4 Å². The van der Waals surface area contributed by atoms with E-state index in [0.717, 1.165) is 29.9 Å². The Morgan fingerprint density at radius 3 is 2.93 bits per heavy atom. The summed E-state index contributed by atoms with van der Waals surface area (Å²) in [6, 6.07) is 13.1. The van der Waals surface area contributed by atoms with Gasteiger partial charge in [0.15, 0.2) is 5.82 Å². The van der Waals surface area contributed by atoms with Crippen LogP contribution in [0.25, 0.3) is 22.3 Å². The van der Waals surface area contributed by atoms with Crippen LogP contribution >= 0.6 is 12.4 Å². The number of fused-ring (bicyclic) bond motifs is 1. The Kier molecular flexibility index (Phi) is 6.78. The molecular formula is C21H27ClN6. The lowest BCUT2D eigenvalue weighted by Gasteiger charge is -2.32. The topological polar surface area (TPSA) is 80.0 Å². The Bertz CT molecular complexity index is 932. The molecule has 0 amide bonds. The van der Waals surface area contributed by atoms with E-state index in [1.54, 1.807) is 0 Å². The van der Waals surface area contributed by atoms with Crippen LogP contribution in [0.2, 0.25) is 0 Å². The van der Waals surface area contributed by atoms with Crippen molar-refractivity contribution < 1.29 is 0 Å². The second-order valence-electron chi connectivity index (χ2n) is 7.28. The van der Waals surface area contributed by atoms with Gasteiger partial charge in [0.25, 0.3) is 0 Å². The molecule has 148 valence electrons. The summed E-state index contributed by atoms with van der Waals surface area (Å²) in [5, 5.41) is 3.62. The minimum absolute atomic E-state index is 0. The lowest BCUT2D eigenvalue weighted by molar-refractivity contribution is 0.181. The highest BCUT2D eigenvalue weighted by Crippen LogP contribution is 2.23. The van der Waals surface area contributed by atoms with Gasteiger partial charge in [0.2, 0.25) is 0 Å². The third kappa shape index (κ3) is 4.58. The third-order valence-electron chi connectivity index (χ3n) is 5.36. The average molecular weight is 399 g/mol. The van der Waals surface area contributed by atoms with Crippen molar-refractivity contribution in [3.63, 3.8) is 0 Å². The van der Waals surface area contributed by atoms with Gasteiger partial charge in [0, 0.05) is 24.7 Å². The second-order valence-corrected chi connectivity index (χ2v) is 7.28. The number of hydrogen-bond acceptors (Lipinski definition) is 6. The molecule has 3 N–H and O–H groups in total. The van der Waals surface area contributed by atoms with Gasteiger partial charge in [-0.25, -0.2) is 15.0 Å². The molecule has 1 fully saturated rings. The maximum absolute atomic E-state index is 5.95. The number of likely N-dealkylation sites (N-methyl/N-ethyl adjacent to an activating group) is 1. The van der Waals surface area contributed by atoms with E-state index in [1.807, 2.05) is 12.1 Å². The largest absolute Gasteiger partial charge is 0.382 e. The van der Waals surface area contributed by atoms with E-state index in [-0.39, 0.29) is 12.4 Å². The number of hydrogen-bond donors (Lipinski definition) is 2. The Hall–Kier alpha value is -2.28. The SMILES string of the molecule is CN1CCCCC1CNCc1cccc(-c2ccc3ncnc(N)c3n2)c1.Cl. The van der Waals surface area contributed by atoms with E-state index in [4.69, 9.17) is 5.73 Å². The number of likely N-dealkylation sites (tertiary alicyclic amines) is 1. The quantitative estimate of drug-likeness (QED) is 0.686. The number of rotatable bonds is 5. The van der Waals surface area contributed by atoms with Crippen LogP contribution in [0.5, 0.6) is 0 Å². The van der Waals surface area contributed by atoms with Gasteiger partial charge in [-0.3, -0.25) is 0 Å².